The van der Waals surface area contributed by atoms with E-state index in [4.69, 9.17) is 19.9 Å². The number of guanidine groups is 1. The Morgan fingerprint density at radius 3 is 2.77 bits per heavy atom. The van der Waals surface area contributed by atoms with Crippen molar-refractivity contribution in [2.24, 2.45) is 22.6 Å². The van der Waals surface area contributed by atoms with Gasteiger partial charge >= 0.3 is 0 Å². The summed E-state index contributed by atoms with van der Waals surface area (Å²) in [6, 6.07) is 22.0. The smallest absolute Gasteiger partial charge is 0.192 e. The van der Waals surface area contributed by atoms with Crippen molar-refractivity contribution in [1.29, 1.82) is 0 Å². The van der Waals surface area contributed by atoms with E-state index in [0.717, 1.165) is 77.2 Å². The standard InChI is InChI=1S/C47H51N3O6/c1-49-47(48)50-38-9-5-7-30(24-38)6-3-4-8-33-14-17-39(51)26-37(33)27-41-28-40(52)16-10-31-11-19-43(54-2)44(25-31)56-29-32-22-35-13-12-34(20-21-55-41)46-42(53)18-15-36(23-32)45(35)46/h5,7,9,11,14-15,17-19,22-26,33-34,37,41,51,53H,3-4,6,8,10,12-13,16,27-29H2,1-2H3,(H3,48,49,50)/t33-,34-,37+,41+/m1/s1. The summed E-state index contributed by atoms with van der Waals surface area (Å²) in [4.78, 5) is 17.6. The summed E-state index contributed by atoms with van der Waals surface area (Å²) in [7, 11) is 3.28. The van der Waals surface area contributed by atoms with Gasteiger partial charge in [-0.05, 0) is 138 Å². The summed E-state index contributed by atoms with van der Waals surface area (Å²) in [6.07, 6.45) is 15.3. The third-order valence-corrected chi connectivity index (χ3v) is 11.2. The molecule has 0 radical (unpaired) electrons. The number of nitrogens with one attached hydrogen (secondary N) is 1. The third kappa shape index (κ3) is 9.31. The van der Waals surface area contributed by atoms with Crippen LogP contribution in [-0.2, 0) is 35.4 Å². The van der Waals surface area contributed by atoms with Crippen LogP contribution >= 0.6 is 0 Å². The van der Waals surface area contributed by atoms with Crippen LogP contribution in [0.15, 0.2) is 95.7 Å². The predicted molar refractivity (Wildman–Crippen MR) is 221 cm³/mol. The van der Waals surface area contributed by atoms with E-state index in [1.54, 1.807) is 26.3 Å². The SMILES string of the molecule is CN=C(N)Nc1cccc(CCCC[C@@H]2C=CC(O)=C[C@H]2C[C@H]2CC(=O)CCc3ccc(OC)c(c3)OCc3cc4c5c(c(O)ccc5c3)[C@@H](C#CO2)CC4)c1. The van der Waals surface area contributed by atoms with Crippen LogP contribution in [0.5, 0.6) is 17.2 Å². The molecule has 4 aliphatic rings. The lowest BCUT2D eigenvalue weighted by Gasteiger charge is -2.28. The number of nitrogens with two attached hydrogens (primary N) is 1. The highest BCUT2D eigenvalue weighted by molar-refractivity contribution is 5.93. The zero-order valence-electron chi connectivity index (χ0n) is 32.2. The highest BCUT2D eigenvalue weighted by Gasteiger charge is 2.28. The van der Waals surface area contributed by atoms with Gasteiger partial charge in [0.25, 0.3) is 0 Å². The fraction of sp³-hybridized carbons (Fsp3) is 0.362. The number of hydrogen-bond acceptors (Lipinski definition) is 7. The number of ketones is 1. The highest BCUT2D eigenvalue weighted by atomic mass is 16.5. The van der Waals surface area contributed by atoms with Crippen molar-refractivity contribution in [2.75, 3.05) is 19.5 Å². The van der Waals surface area contributed by atoms with Gasteiger partial charge in [0.2, 0.25) is 0 Å². The quantitative estimate of drug-likeness (QED) is 0.0577. The maximum atomic E-state index is 13.6. The average Bonchev–Trinajstić information content (AvgIpc) is 3.20. The van der Waals surface area contributed by atoms with Crippen molar-refractivity contribution in [3.8, 4) is 29.3 Å². The molecule has 9 nitrogen and oxygen atoms in total. The summed E-state index contributed by atoms with van der Waals surface area (Å²) in [5.41, 5.74) is 12.0. The molecule has 4 aromatic carbocycles. The number of aliphatic hydroxyl groups is 1. The number of aryl methyl sites for hydroxylation is 3. The van der Waals surface area contributed by atoms with E-state index in [1.165, 1.54) is 5.56 Å². The van der Waals surface area contributed by atoms with Crippen LogP contribution in [0.1, 0.15) is 78.7 Å². The van der Waals surface area contributed by atoms with Gasteiger partial charge in [-0.1, -0.05) is 48.7 Å². The summed E-state index contributed by atoms with van der Waals surface area (Å²) < 4.78 is 18.3. The first-order valence-corrected chi connectivity index (χ1v) is 19.7. The molecule has 0 spiro atoms. The van der Waals surface area contributed by atoms with Crippen molar-refractivity contribution >= 4 is 28.2 Å². The molecule has 9 heteroatoms. The number of carbonyl (C=O) groups excluding carboxylic acids is 1. The number of nitrogens with zero attached hydrogens (tertiary/aromatic N) is 1. The third-order valence-electron chi connectivity index (χ3n) is 11.2. The Hall–Kier alpha value is -5.88. The number of phenolic OH excluding ortho intramolecular Hbond substituents is 1. The highest BCUT2D eigenvalue weighted by Crippen LogP contribution is 2.42. The van der Waals surface area contributed by atoms with E-state index < -0.39 is 6.10 Å². The maximum absolute atomic E-state index is 13.6. The number of aliphatic imine (C=N–C) groups is 1. The number of anilines is 1. The van der Waals surface area contributed by atoms with Crippen LogP contribution in [0.4, 0.5) is 5.69 Å². The fourth-order valence-corrected chi connectivity index (χ4v) is 8.35. The van der Waals surface area contributed by atoms with Crippen molar-refractivity contribution in [1.82, 2.24) is 0 Å². The molecule has 4 aromatic rings. The molecule has 8 rings (SSSR count). The van der Waals surface area contributed by atoms with E-state index in [9.17, 15) is 15.0 Å². The molecule has 0 unspecified atom stereocenters. The Balaban J connectivity index is 1.10. The summed E-state index contributed by atoms with van der Waals surface area (Å²) in [5.74, 6) is 5.42. The predicted octanol–water partition coefficient (Wildman–Crippen LogP) is 8.82. The normalized spacial score (nSPS) is 20.9. The number of benzene rings is 4. The molecule has 56 heavy (non-hydrogen) atoms. The molecule has 0 aromatic heterocycles. The van der Waals surface area contributed by atoms with Gasteiger partial charge in [-0.3, -0.25) is 9.79 Å². The molecule has 2 heterocycles. The molecule has 2 aliphatic carbocycles. The van der Waals surface area contributed by atoms with Crippen molar-refractivity contribution in [2.45, 2.75) is 82.8 Å². The van der Waals surface area contributed by atoms with E-state index in [-0.39, 0.29) is 41.5 Å². The number of ether oxygens (including phenoxy) is 3. The minimum atomic E-state index is -0.480. The number of Topliss-reactive ketones (excluding diaryl/α,β-unsaturated/α-hetero) is 1. The van der Waals surface area contributed by atoms with Gasteiger partial charge in [0, 0.05) is 31.1 Å². The second kappa shape index (κ2) is 17.7. The fourth-order valence-electron chi connectivity index (χ4n) is 8.35. The lowest BCUT2D eigenvalue weighted by Crippen LogP contribution is -2.24. The molecule has 0 fully saturated rings. The number of rotatable bonds is 9. The van der Waals surface area contributed by atoms with Gasteiger partial charge in [-0.25, -0.2) is 0 Å². The van der Waals surface area contributed by atoms with Crippen LogP contribution in [0.2, 0.25) is 0 Å². The van der Waals surface area contributed by atoms with E-state index in [0.29, 0.717) is 43.3 Å². The number of allylic oxidation sites excluding steroid dienone is 3. The number of methoxy groups -OCH3 is 1. The second-order valence-corrected chi connectivity index (χ2v) is 15.1. The Bertz CT molecular complexity index is 2230. The van der Waals surface area contributed by atoms with E-state index >= 15 is 0 Å². The molecular formula is C47H51N3O6. The lowest BCUT2D eigenvalue weighted by atomic mass is 9.80. The number of aliphatic hydroxyl groups excluding tert-OH is 1. The zero-order chi connectivity index (χ0) is 39.0. The number of carbonyl (C=O) groups is 1. The van der Waals surface area contributed by atoms with Gasteiger partial charge in [0.1, 0.15) is 36.1 Å². The van der Waals surface area contributed by atoms with Crippen LogP contribution in [0.25, 0.3) is 10.8 Å². The van der Waals surface area contributed by atoms with Gasteiger partial charge in [-0.15, -0.1) is 0 Å². The van der Waals surface area contributed by atoms with Gasteiger partial charge < -0.3 is 35.5 Å². The molecule has 4 atom stereocenters. The molecular weight excluding hydrogens is 703 g/mol. The Morgan fingerprint density at radius 1 is 1.02 bits per heavy atom. The number of unbranched alkanes of at least 4 members (excludes halogenated alkanes) is 1. The molecule has 0 saturated carbocycles. The Labute approximate surface area is 329 Å². The first-order chi connectivity index (χ1) is 27.3. The number of fused-ring (bicyclic) bond motifs is 7. The molecule has 290 valence electrons. The first kappa shape index (κ1) is 38.4. The Morgan fingerprint density at radius 2 is 1.91 bits per heavy atom. The zero-order valence-corrected chi connectivity index (χ0v) is 32.2. The monoisotopic (exact) mass is 753 g/mol. The van der Waals surface area contributed by atoms with Crippen LogP contribution in [0, 0.1) is 23.9 Å². The molecule has 5 N–H and O–H groups in total. The maximum Gasteiger partial charge on any atom is 0.192 e. The van der Waals surface area contributed by atoms with Crippen LogP contribution in [-0.4, -0.2) is 42.2 Å². The van der Waals surface area contributed by atoms with Crippen LogP contribution in [0.3, 0.4) is 0 Å². The van der Waals surface area contributed by atoms with Crippen molar-refractivity contribution < 1.29 is 29.2 Å². The largest absolute Gasteiger partial charge is 0.508 e. The lowest BCUT2D eigenvalue weighted by molar-refractivity contribution is -0.121. The Kier molecular flexibility index (Phi) is 12.1. The molecule has 8 bridgehead atoms. The number of hydrogen-bond donors (Lipinski definition) is 4. The minimum Gasteiger partial charge on any atom is -0.508 e. The van der Waals surface area contributed by atoms with Crippen molar-refractivity contribution in [3.05, 3.63) is 119 Å². The number of aromatic hydroxyl groups is 1. The average molecular weight is 754 g/mol. The topological polar surface area (TPSA) is 136 Å². The van der Waals surface area contributed by atoms with Crippen molar-refractivity contribution in [3.63, 3.8) is 0 Å². The van der Waals surface area contributed by atoms with Gasteiger partial charge in [-0.2, -0.15) is 0 Å². The van der Waals surface area contributed by atoms with Crippen LogP contribution < -0.4 is 20.5 Å². The van der Waals surface area contributed by atoms with E-state index in [2.05, 4.69) is 52.7 Å². The molecule has 2 aliphatic heterocycles. The van der Waals surface area contributed by atoms with Gasteiger partial charge in [0.15, 0.2) is 17.5 Å². The molecule has 0 amide bonds. The number of phenols is 1. The second-order valence-electron chi connectivity index (χ2n) is 15.1. The first-order valence-electron chi connectivity index (χ1n) is 19.7. The van der Waals surface area contributed by atoms with E-state index in [1.807, 2.05) is 42.5 Å². The summed E-state index contributed by atoms with van der Waals surface area (Å²) >= 11 is 0. The van der Waals surface area contributed by atoms with Gasteiger partial charge in [0.05, 0.1) is 13.0 Å². The molecule has 0 saturated heterocycles. The minimum absolute atomic E-state index is 0.0279. The summed E-state index contributed by atoms with van der Waals surface area (Å²) in [6.45, 7) is 0.356. The summed E-state index contributed by atoms with van der Waals surface area (Å²) in [5, 5.41) is 26.9.